The Bertz CT molecular complexity index is 688. The van der Waals surface area contributed by atoms with Gasteiger partial charge < -0.3 is 14.8 Å². The molecule has 2 atom stereocenters. The Morgan fingerprint density at radius 2 is 2.08 bits per heavy atom. The van der Waals surface area contributed by atoms with Gasteiger partial charge >= 0.3 is 0 Å². The zero-order chi connectivity index (χ0) is 17.1. The number of nitrogens with one attached hydrogen (secondary N) is 1. The number of benzene rings is 1. The minimum absolute atomic E-state index is 0.0361. The number of fused-ring (bicyclic) bond motifs is 1. The molecular formula is C19H22N2O3S. The third kappa shape index (κ3) is 3.71. The van der Waals surface area contributed by atoms with Gasteiger partial charge in [0.15, 0.2) is 6.10 Å². The van der Waals surface area contributed by atoms with Crippen molar-refractivity contribution in [3.8, 4) is 5.75 Å². The standard InChI is InChI=1S/C19H22N2O3S/c22-19(17-12-14-4-1-2-5-16(14)24-17)20-13-15(18-6-3-11-25-18)21-7-9-23-10-8-21/h1-6,11,15,17H,7-10,12-13H2,(H,20,22)/t15-,17-/m0/s1. The lowest BCUT2D eigenvalue weighted by Crippen LogP contribution is -2.46. The molecule has 0 saturated carbocycles. The van der Waals surface area contributed by atoms with Gasteiger partial charge in [0.1, 0.15) is 5.75 Å². The number of rotatable bonds is 5. The van der Waals surface area contributed by atoms with E-state index in [0.717, 1.165) is 37.6 Å². The van der Waals surface area contributed by atoms with E-state index in [1.807, 2.05) is 24.3 Å². The molecule has 0 bridgehead atoms. The molecule has 2 aliphatic heterocycles. The number of carbonyl (C=O) groups is 1. The van der Waals surface area contributed by atoms with E-state index >= 15 is 0 Å². The molecule has 0 unspecified atom stereocenters. The molecule has 1 fully saturated rings. The first-order valence-electron chi connectivity index (χ1n) is 8.69. The fourth-order valence-electron chi connectivity index (χ4n) is 3.42. The van der Waals surface area contributed by atoms with E-state index in [1.54, 1.807) is 11.3 Å². The van der Waals surface area contributed by atoms with Gasteiger partial charge in [-0.05, 0) is 23.1 Å². The number of thiophene rings is 1. The highest BCUT2D eigenvalue weighted by atomic mass is 32.1. The van der Waals surface area contributed by atoms with Gasteiger partial charge in [-0.15, -0.1) is 11.3 Å². The summed E-state index contributed by atoms with van der Waals surface area (Å²) in [7, 11) is 0. The number of hydrogen-bond donors (Lipinski definition) is 1. The molecule has 1 aromatic carbocycles. The molecule has 0 aliphatic carbocycles. The summed E-state index contributed by atoms with van der Waals surface area (Å²) in [6.45, 7) is 3.87. The molecule has 0 spiro atoms. The largest absolute Gasteiger partial charge is 0.480 e. The summed E-state index contributed by atoms with van der Waals surface area (Å²) >= 11 is 1.73. The second-order valence-electron chi connectivity index (χ2n) is 6.34. The zero-order valence-corrected chi connectivity index (χ0v) is 14.8. The van der Waals surface area contributed by atoms with Crippen LogP contribution in [0.3, 0.4) is 0 Å². The van der Waals surface area contributed by atoms with Crippen LogP contribution in [0, 0.1) is 0 Å². The Kier molecular flexibility index (Phi) is 5.01. The van der Waals surface area contributed by atoms with Crippen LogP contribution in [0.5, 0.6) is 5.75 Å². The van der Waals surface area contributed by atoms with E-state index in [4.69, 9.17) is 9.47 Å². The Hall–Kier alpha value is -1.89. The van der Waals surface area contributed by atoms with Crippen molar-refractivity contribution in [2.45, 2.75) is 18.6 Å². The maximum absolute atomic E-state index is 12.6. The van der Waals surface area contributed by atoms with Crippen LogP contribution in [0.15, 0.2) is 41.8 Å². The summed E-state index contributed by atoms with van der Waals surface area (Å²) < 4.78 is 11.3. The van der Waals surface area contributed by atoms with Gasteiger partial charge in [-0.2, -0.15) is 0 Å². The number of carbonyl (C=O) groups excluding carboxylic acids is 1. The van der Waals surface area contributed by atoms with Gasteiger partial charge in [0.2, 0.25) is 0 Å². The lowest BCUT2D eigenvalue weighted by atomic mass is 10.1. The molecule has 1 N–H and O–H groups in total. The van der Waals surface area contributed by atoms with Gasteiger partial charge in [-0.3, -0.25) is 9.69 Å². The maximum atomic E-state index is 12.6. The van der Waals surface area contributed by atoms with Crippen molar-refractivity contribution in [3.05, 3.63) is 52.2 Å². The Morgan fingerprint density at radius 3 is 2.84 bits per heavy atom. The SMILES string of the molecule is O=C(NC[C@@H](c1cccs1)N1CCOCC1)[C@@H]1Cc2ccccc2O1. The molecule has 2 aliphatic rings. The van der Waals surface area contributed by atoms with Crippen molar-refractivity contribution in [3.63, 3.8) is 0 Å². The van der Waals surface area contributed by atoms with E-state index in [-0.39, 0.29) is 11.9 Å². The third-order valence-corrected chi connectivity index (χ3v) is 5.74. The molecule has 4 rings (SSSR count). The van der Waals surface area contributed by atoms with Crippen molar-refractivity contribution < 1.29 is 14.3 Å². The molecule has 132 valence electrons. The minimum atomic E-state index is -0.425. The summed E-state index contributed by atoms with van der Waals surface area (Å²) in [6.07, 6.45) is 0.217. The predicted molar refractivity (Wildman–Crippen MR) is 97.0 cm³/mol. The molecule has 1 aromatic heterocycles. The number of hydrogen-bond acceptors (Lipinski definition) is 5. The van der Waals surface area contributed by atoms with Gasteiger partial charge in [0, 0.05) is 30.9 Å². The van der Waals surface area contributed by atoms with Crippen LogP contribution in [-0.2, 0) is 16.0 Å². The van der Waals surface area contributed by atoms with Crippen LogP contribution < -0.4 is 10.1 Å². The van der Waals surface area contributed by atoms with Crippen molar-refractivity contribution in [1.82, 2.24) is 10.2 Å². The van der Waals surface area contributed by atoms with Crippen molar-refractivity contribution >= 4 is 17.2 Å². The molecule has 1 amide bonds. The second kappa shape index (κ2) is 7.56. The smallest absolute Gasteiger partial charge is 0.261 e. The normalized spacial score (nSPS) is 21.4. The molecule has 3 heterocycles. The topological polar surface area (TPSA) is 50.8 Å². The molecular weight excluding hydrogens is 336 g/mol. The predicted octanol–water partition coefficient (Wildman–Crippen LogP) is 2.24. The first kappa shape index (κ1) is 16.6. The van der Waals surface area contributed by atoms with Crippen LogP contribution in [-0.4, -0.2) is 49.8 Å². The van der Waals surface area contributed by atoms with Crippen molar-refractivity contribution in [2.24, 2.45) is 0 Å². The second-order valence-corrected chi connectivity index (χ2v) is 7.32. The quantitative estimate of drug-likeness (QED) is 0.891. The van der Waals surface area contributed by atoms with Crippen molar-refractivity contribution in [1.29, 1.82) is 0 Å². The Morgan fingerprint density at radius 1 is 1.24 bits per heavy atom. The maximum Gasteiger partial charge on any atom is 0.261 e. The molecule has 2 aromatic rings. The fourth-order valence-corrected chi connectivity index (χ4v) is 4.28. The van der Waals surface area contributed by atoms with E-state index in [0.29, 0.717) is 13.0 Å². The molecule has 5 nitrogen and oxygen atoms in total. The number of nitrogens with zero attached hydrogens (tertiary/aromatic N) is 1. The lowest BCUT2D eigenvalue weighted by molar-refractivity contribution is -0.127. The number of morpholine rings is 1. The number of amides is 1. The highest BCUT2D eigenvalue weighted by molar-refractivity contribution is 7.10. The molecule has 25 heavy (non-hydrogen) atoms. The summed E-state index contributed by atoms with van der Waals surface area (Å²) in [5.41, 5.74) is 1.10. The minimum Gasteiger partial charge on any atom is -0.480 e. The monoisotopic (exact) mass is 358 g/mol. The summed E-state index contributed by atoms with van der Waals surface area (Å²) in [4.78, 5) is 16.3. The summed E-state index contributed by atoms with van der Waals surface area (Å²) in [5, 5.41) is 5.19. The van der Waals surface area contributed by atoms with Crippen LogP contribution in [0.1, 0.15) is 16.5 Å². The van der Waals surface area contributed by atoms with Gasteiger partial charge in [0.25, 0.3) is 5.91 Å². The van der Waals surface area contributed by atoms with Crippen LogP contribution >= 0.6 is 11.3 Å². The zero-order valence-electron chi connectivity index (χ0n) is 14.0. The van der Waals surface area contributed by atoms with Crippen LogP contribution in [0.25, 0.3) is 0 Å². The van der Waals surface area contributed by atoms with Crippen LogP contribution in [0.2, 0.25) is 0 Å². The van der Waals surface area contributed by atoms with Gasteiger partial charge in [0.05, 0.1) is 19.3 Å². The molecule has 6 heteroatoms. The Labute approximate surface area is 151 Å². The van der Waals surface area contributed by atoms with E-state index in [9.17, 15) is 4.79 Å². The van der Waals surface area contributed by atoms with E-state index in [1.165, 1.54) is 4.88 Å². The summed E-state index contributed by atoms with van der Waals surface area (Å²) in [6, 6.07) is 12.2. The average Bonchev–Trinajstić information content (AvgIpc) is 3.32. The molecule has 1 saturated heterocycles. The van der Waals surface area contributed by atoms with Gasteiger partial charge in [-0.1, -0.05) is 24.3 Å². The van der Waals surface area contributed by atoms with Crippen LogP contribution in [0.4, 0.5) is 0 Å². The lowest BCUT2D eigenvalue weighted by Gasteiger charge is -2.34. The Balaban J connectivity index is 1.39. The van der Waals surface area contributed by atoms with Gasteiger partial charge in [-0.25, -0.2) is 0 Å². The fraction of sp³-hybridized carbons (Fsp3) is 0.421. The number of ether oxygens (including phenoxy) is 2. The summed E-state index contributed by atoms with van der Waals surface area (Å²) in [5.74, 6) is 0.789. The average molecular weight is 358 g/mol. The van der Waals surface area contributed by atoms with E-state index in [2.05, 4.69) is 27.7 Å². The van der Waals surface area contributed by atoms with Crippen molar-refractivity contribution in [2.75, 3.05) is 32.8 Å². The number of para-hydroxylation sites is 1. The van der Waals surface area contributed by atoms with E-state index < -0.39 is 6.10 Å². The highest BCUT2D eigenvalue weighted by Gasteiger charge is 2.30. The molecule has 0 radical (unpaired) electrons. The first-order chi connectivity index (χ1) is 12.3. The third-order valence-electron chi connectivity index (χ3n) is 4.77. The highest BCUT2D eigenvalue weighted by Crippen LogP contribution is 2.29. The first-order valence-corrected chi connectivity index (χ1v) is 9.57.